The maximum atomic E-state index is 13.2. The van der Waals surface area contributed by atoms with E-state index in [9.17, 15) is 9.59 Å². The number of nitrogens with one attached hydrogen (secondary N) is 1. The van der Waals surface area contributed by atoms with Gasteiger partial charge in [-0.2, -0.15) is 0 Å². The van der Waals surface area contributed by atoms with Crippen molar-refractivity contribution in [3.05, 3.63) is 101 Å². The molecule has 0 bridgehead atoms. The van der Waals surface area contributed by atoms with Crippen LogP contribution in [0.2, 0.25) is 0 Å². The van der Waals surface area contributed by atoms with Crippen LogP contribution in [0.15, 0.2) is 78.9 Å². The number of ketones is 2. The summed E-state index contributed by atoms with van der Waals surface area (Å²) in [4.78, 5) is 34.2. The quantitative estimate of drug-likeness (QED) is 0.432. The fraction of sp³-hybridized carbons (Fsp3) is 0. The number of carbonyl (C=O) groups excluding carboxylic acids is 2. The highest BCUT2D eigenvalue weighted by atomic mass is 16.1. The van der Waals surface area contributed by atoms with Crippen molar-refractivity contribution in [2.75, 3.05) is 0 Å². The maximum absolute atomic E-state index is 13.2. The van der Waals surface area contributed by atoms with Gasteiger partial charge in [-0.25, -0.2) is 4.98 Å². The molecule has 4 nitrogen and oxygen atoms in total. The second-order valence-electron chi connectivity index (χ2n) is 7.24. The van der Waals surface area contributed by atoms with Gasteiger partial charge in [0.15, 0.2) is 11.6 Å². The fourth-order valence-electron chi connectivity index (χ4n) is 4.13. The number of benzene rings is 4. The lowest BCUT2D eigenvalue weighted by Gasteiger charge is -2.17. The summed E-state index contributed by atoms with van der Waals surface area (Å²) in [5, 5.41) is 2.27. The molecule has 29 heavy (non-hydrogen) atoms. The number of aromatic nitrogens is 2. The molecule has 5 aromatic rings. The van der Waals surface area contributed by atoms with E-state index in [2.05, 4.69) is 29.2 Å². The third-order valence-corrected chi connectivity index (χ3v) is 5.57. The third kappa shape index (κ3) is 2.23. The molecule has 0 saturated carbocycles. The van der Waals surface area contributed by atoms with Gasteiger partial charge in [0.1, 0.15) is 11.3 Å². The average Bonchev–Trinajstić information content (AvgIpc) is 3.21. The van der Waals surface area contributed by atoms with Crippen molar-refractivity contribution in [1.82, 2.24) is 9.97 Å². The van der Waals surface area contributed by atoms with E-state index in [1.807, 2.05) is 24.3 Å². The van der Waals surface area contributed by atoms with Crippen molar-refractivity contribution < 1.29 is 9.59 Å². The zero-order valence-electron chi connectivity index (χ0n) is 15.3. The molecule has 6 rings (SSSR count). The predicted octanol–water partition coefficient (Wildman–Crippen LogP) is 5.16. The number of rotatable bonds is 1. The first-order valence-electron chi connectivity index (χ1n) is 9.41. The van der Waals surface area contributed by atoms with Crippen LogP contribution < -0.4 is 0 Å². The summed E-state index contributed by atoms with van der Waals surface area (Å²) in [6.07, 6.45) is 0. The van der Waals surface area contributed by atoms with E-state index < -0.39 is 0 Å². The zero-order valence-corrected chi connectivity index (χ0v) is 15.3. The van der Waals surface area contributed by atoms with Crippen LogP contribution in [0.25, 0.3) is 33.2 Å². The highest BCUT2D eigenvalue weighted by Gasteiger charge is 2.32. The average molecular weight is 374 g/mol. The number of hydrogen-bond acceptors (Lipinski definition) is 3. The van der Waals surface area contributed by atoms with Crippen molar-refractivity contribution in [2.24, 2.45) is 0 Å². The Bertz CT molecular complexity index is 1490. The number of carbonyl (C=O) groups is 2. The topological polar surface area (TPSA) is 62.8 Å². The van der Waals surface area contributed by atoms with Crippen LogP contribution in [-0.4, -0.2) is 21.5 Å². The van der Waals surface area contributed by atoms with E-state index in [0.717, 1.165) is 21.9 Å². The molecule has 1 aliphatic rings. The molecule has 1 aliphatic carbocycles. The first kappa shape index (κ1) is 16.0. The van der Waals surface area contributed by atoms with Crippen LogP contribution in [0.4, 0.5) is 0 Å². The Labute approximate surface area is 165 Å². The Kier molecular flexibility index (Phi) is 3.15. The summed E-state index contributed by atoms with van der Waals surface area (Å²) in [6, 6.07) is 24.8. The molecule has 1 N–H and O–H groups in total. The third-order valence-electron chi connectivity index (χ3n) is 5.57. The number of imidazole rings is 1. The van der Waals surface area contributed by atoms with Crippen LogP contribution in [0.3, 0.4) is 0 Å². The zero-order chi connectivity index (χ0) is 19.5. The molecule has 0 aliphatic heterocycles. The van der Waals surface area contributed by atoms with Gasteiger partial charge in [0.25, 0.3) is 0 Å². The number of H-pyrrole nitrogens is 1. The van der Waals surface area contributed by atoms with Gasteiger partial charge in [-0.05, 0) is 29.0 Å². The van der Waals surface area contributed by atoms with Gasteiger partial charge >= 0.3 is 0 Å². The maximum Gasteiger partial charge on any atom is 0.196 e. The Morgan fingerprint density at radius 1 is 0.655 bits per heavy atom. The van der Waals surface area contributed by atoms with Crippen LogP contribution in [0.5, 0.6) is 0 Å². The van der Waals surface area contributed by atoms with Crippen LogP contribution in [0, 0.1) is 0 Å². The van der Waals surface area contributed by atoms with E-state index in [1.54, 1.807) is 30.3 Å². The van der Waals surface area contributed by atoms with E-state index >= 15 is 0 Å². The molecular formula is C25H14N2O2. The molecule has 0 amide bonds. The van der Waals surface area contributed by atoms with Crippen molar-refractivity contribution in [1.29, 1.82) is 0 Å². The van der Waals surface area contributed by atoms with Gasteiger partial charge in [0.2, 0.25) is 0 Å². The van der Waals surface area contributed by atoms with Gasteiger partial charge < -0.3 is 4.98 Å². The van der Waals surface area contributed by atoms with Gasteiger partial charge in [-0.1, -0.05) is 60.7 Å². The molecule has 0 unspecified atom stereocenters. The van der Waals surface area contributed by atoms with Crippen LogP contribution in [0.1, 0.15) is 31.8 Å². The summed E-state index contributed by atoms with van der Waals surface area (Å²) < 4.78 is 0. The second-order valence-corrected chi connectivity index (χ2v) is 7.24. The summed E-state index contributed by atoms with van der Waals surface area (Å²) in [6.45, 7) is 0. The molecule has 1 heterocycles. The van der Waals surface area contributed by atoms with E-state index in [1.165, 1.54) is 0 Å². The van der Waals surface area contributed by atoms with Gasteiger partial charge in [-0.15, -0.1) is 0 Å². The number of hydrogen-bond donors (Lipinski definition) is 1. The second kappa shape index (κ2) is 5.72. The lowest BCUT2D eigenvalue weighted by Crippen LogP contribution is -2.21. The monoisotopic (exact) mass is 374 g/mol. The van der Waals surface area contributed by atoms with E-state index in [4.69, 9.17) is 4.98 Å². The Balaban J connectivity index is 1.58. The van der Waals surface area contributed by atoms with Crippen molar-refractivity contribution in [3.63, 3.8) is 0 Å². The normalized spacial score (nSPS) is 13.0. The van der Waals surface area contributed by atoms with Crippen molar-refractivity contribution >= 4 is 33.4 Å². The summed E-state index contributed by atoms with van der Waals surface area (Å²) >= 11 is 0. The largest absolute Gasteiger partial charge is 0.338 e. The van der Waals surface area contributed by atoms with Gasteiger partial charge in [-0.3, -0.25) is 9.59 Å². The first-order chi connectivity index (χ1) is 14.2. The minimum Gasteiger partial charge on any atom is -0.338 e. The molecular weight excluding hydrogens is 360 g/mol. The lowest BCUT2D eigenvalue weighted by molar-refractivity contribution is 0.0980. The lowest BCUT2D eigenvalue weighted by atomic mass is 9.83. The minimum atomic E-state index is -0.155. The highest BCUT2D eigenvalue weighted by Crippen LogP contribution is 2.33. The summed E-state index contributed by atoms with van der Waals surface area (Å²) in [5.74, 6) is 0.392. The SMILES string of the molecule is O=C1c2ccccc2C(=O)c2c1ccc1[nH]c(-c3ccc4ccccc4c3)nc21. The molecule has 1 aromatic heterocycles. The number of fused-ring (bicyclic) bond motifs is 5. The van der Waals surface area contributed by atoms with Crippen molar-refractivity contribution in [3.8, 4) is 11.4 Å². The molecule has 0 atom stereocenters. The van der Waals surface area contributed by atoms with E-state index in [-0.39, 0.29) is 11.6 Å². The molecule has 136 valence electrons. The molecule has 0 spiro atoms. The van der Waals surface area contributed by atoms with Crippen molar-refractivity contribution in [2.45, 2.75) is 0 Å². The molecule has 0 radical (unpaired) electrons. The number of aromatic amines is 1. The standard InChI is InChI=1S/C25H14N2O2/c28-23-17-7-3-4-8-18(17)24(29)21-19(23)11-12-20-22(21)27-25(26-20)16-10-9-14-5-1-2-6-15(14)13-16/h1-13H,(H,26,27). The number of nitrogens with zero attached hydrogens (tertiary/aromatic N) is 1. The Hall–Kier alpha value is -4.05. The van der Waals surface area contributed by atoms with Gasteiger partial charge in [0.05, 0.1) is 11.1 Å². The van der Waals surface area contributed by atoms with Crippen LogP contribution in [-0.2, 0) is 0 Å². The summed E-state index contributed by atoms with van der Waals surface area (Å²) in [5.41, 5.74) is 3.91. The Morgan fingerprint density at radius 3 is 2.21 bits per heavy atom. The Morgan fingerprint density at radius 2 is 1.38 bits per heavy atom. The minimum absolute atomic E-state index is 0.132. The highest BCUT2D eigenvalue weighted by molar-refractivity contribution is 6.31. The van der Waals surface area contributed by atoms with E-state index in [0.29, 0.717) is 33.6 Å². The van der Waals surface area contributed by atoms with Crippen LogP contribution >= 0.6 is 0 Å². The van der Waals surface area contributed by atoms with Gasteiger partial charge in [0, 0.05) is 22.3 Å². The molecule has 0 fully saturated rings. The first-order valence-corrected chi connectivity index (χ1v) is 9.41. The molecule has 4 aromatic carbocycles. The molecule has 4 heteroatoms. The summed E-state index contributed by atoms with van der Waals surface area (Å²) in [7, 11) is 0. The fourth-order valence-corrected chi connectivity index (χ4v) is 4.13. The predicted molar refractivity (Wildman–Crippen MR) is 112 cm³/mol. The smallest absolute Gasteiger partial charge is 0.196 e. The molecule has 0 saturated heterocycles.